The number of hydrogen-bond acceptors (Lipinski definition) is 4. The molecule has 2 N–H and O–H groups in total. The highest BCUT2D eigenvalue weighted by molar-refractivity contribution is 5.94. The van der Waals surface area contributed by atoms with Crippen LogP contribution in [0.25, 0.3) is 0 Å². The number of aliphatic hydroxyl groups is 1. The number of hydrogen-bond donors (Lipinski definition) is 2. The number of carbonyl (C=O) groups excluding carboxylic acids is 1. The zero-order chi connectivity index (χ0) is 13.7. The molecule has 1 aliphatic rings. The second-order valence-electron chi connectivity index (χ2n) is 5.14. The lowest BCUT2D eigenvalue weighted by molar-refractivity contribution is 0.0947. The Bertz CT molecular complexity index is 436. The van der Waals surface area contributed by atoms with Crippen molar-refractivity contribution in [2.24, 2.45) is 5.92 Å². The van der Waals surface area contributed by atoms with Crippen LogP contribution in [0.15, 0.2) is 18.3 Å². The summed E-state index contributed by atoms with van der Waals surface area (Å²) < 4.78 is 0. The van der Waals surface area contributed by atoms with Crippen molar-refractivity contribution < 1.29 is 9.90 Å². The summed E-state index contributed by atoms with van der Waals surface area (Å²) in [6.07, 6.45) is 3.24. The van der Waals surface area contributed by atoms with Crippen molar-refractivity contribution in [3.63, 3.8) is 0 Å². The van der Waals surface area contributed by atoms with Crippen LogP contribution in [0.4, 0.5) is 0 Å². The molecular formula is C14H21N3O2. The Morgan fingerprint density at radius 2 is 2.47 bits per heavy atom. The first kappa shape index (κ1) is 14.0. The summed E-state index contributed by atoms with van der Waals surface area (Å²) >= 11 is 0. The van der Waals surface area contributed by atoms with Gasteiger partial charge in [-0.25, -0.2) is 0 Å². The van der Waals surface area contributed by atoms with E-state index in [0.717, 1.165) is 31.7 Å². The number of aliphatic hydroxyl groups excluding tert-OH is 1. The van der Waals surface area contributed by atoms with E-state index in [4.69, 9.17) is 5.11 Å². The van der Waals surface area contributed by atoms with Gasteiger partial charge >= 0.3 is 0 Å². The van der Waals surface area contributed by atoms with Gasteiger partial charge in [-0.1, -0.05) is 0 Å². The first-order chi connectivity index (χ1) is 9.19. The molecule has 0 aliphatic carbocycles. The van der Waals surface area contributed by atoms with Gasteiger partial charge in [0, 0.05) is 43.6 Å². The van der Waals surface area contributed by atoms with Gasteiger partial charge < -0.3 is 15.3 Å². The van der Waals surface area contributed by atoms with E-state index in [1.54, 1.807) is 18.3 Å². The highest BCUT2D eigenvalue weighted by Gasteiger charge is 2.20. The van der Waals surface area contributed by atoms with Crippen LogP contribution in [0.1, 0.15) is 22.5 Å². The second kappa shape index (κ2) is 6.63. The molecule has 1 atom stereocenters. The first-order valence-electron chi connectivity index (χ1n) is 6.71. The van der Waals surface area contributed by atoms with Gasteiger partial charge in [0.25, 0.3) is 5.91 Å². The van der Waals surface area contributed by atoms with Crippen LogP contribution in [-0.4, -0.2) is 54.2 Å². The summed E-state index contributed by atoms with van der Waals surface area (Å²) in [5.41, 5.74) is 1.36. The van der Waals surface area contributed by atoms with Crippen molar-refractivity contribution in [3.05, 3.63) is 29.6 Å². The Labute approximate surface area is 113 Å². The van der Waals surface area contributed by atoms with Gasteiger partial charge in [0.15, 0.2) is 0 Å². The SMILES string of the molecule is CN1CCC(CNC(=O)c2ccnc(CCO)c2)C1. The van der Waals surface area contributed by atoms with E-state index < -0.39 is 0 Å². The molecule has 2 heterocycles. The molecule has 0 bridgehead atoms. The average Bonchev–Trinajstić information content (AvgIpc) is 2.82. The molecule has 0 spiro atoms. The summed E-state index contributed by atoms with van der Waals surface area (Å²) in [6, 6.07) is 3.45. The van der Waals surface area contributed by atoms with Gasteiger partial charge in [0.2, 0.25) is 0 Å². The van der Waals surface area contributed by atoms with Gasteiger partial charge in [-0.15, -0.1) is 0 Å². The van der Waals surface area contributed by atoms with Crippen molar-refractivity contribution in [1.82, 2.24) is 15.2 Å². The number of pyridine rings is 1. The Balaban J connectivity index is 1.87. The molecule has 19 heavy (non-hydrogen) atoms. The largest absolute Gasteiger partial charge is 0.396 e. The quantitative estimate of drug-likeness (QED) is 0.802. The van der Waals surface area contributed by atoms with E-state index in [2.05, 4.69) is 22.2 Å². The molecule has 5 nitrogen and oxygen atoms in total. The Morgan fingerprint density at radius 3 is 3.16 bits per heavy atom. The molecule has 2 rings (SSSR count). The fraction of sp³-hybridized carbons (Fsp3) is 0.571. The third-order valence-electron chi connectivity index (χ3n) is 3.49. The zero-order valence-corrected chi connectivity index (χ0v) is 11.3. The van der Waals surface area contributed by atoms with E-state index in [1.165, 1.54) is 0 Å². The van der Waals surface area contributed by atoms with E-state index in [0.29, 0.717) is 17.9 Å². The van der Waals surface area contributed by atoms with Crippen LogP contribution in [0.2, 0.25) is 0 Å². The van der Waals surface area contributed by atoms with Crippen molar-refractivity contribution in [3.8, 4) is 0 Å². The number of likely N-dealkylation sites (tertiary alicyclic amines) is 1. The lowest BCUT2D eigenvalue weighted by Crippen LogP contribution is -2.30. The fourth-order valence-corrected chi connectivity index (χ4v) is 2.40. The topological polar surface area (TPSA) is 65.5 Å². The van der Waals surface area contributed by atoms with E-state index in [-0.39, 0.29) is 12.5 Å². The standard InChI is InChI=1S/C14H21N3O2/c1-17-6-3-11(10-17)9-16-14(19)12-2-5-15-13(8-12)4-7-18/h2,5,8,11,18H,3-4,6-7,9-10H2,1H3,(H,16,19). The van der Waals surface area contributed by atoms with Crippen molar-refractivity contribution >= 4 is 5.91 Å². The van der Waals surface area contributed by atoms with Crippen molar-refractivity contribution in [2.75, 3.05) is 33.3 Å². The lowest BCUT2D eigenvalue weighted by Gasteiger charge is -2.12. The number of aromatic nitrogens is 1. The molecule has 1 unspecified atom stereocenters. The van der Waals surface area contributed by atoms with Gasteiger partial charge in [-0.2, -0.15) is 0 Å². The third-order valence-corrected chi connectivity index (χ3v) is 3.49. The summed E-state index contributed by atoms with van der Waals surface area (Å²) in [5.74, 6) is 0.490. The Morgan fingerprint density at radius 1 is 1.63 bits per heavy atom. The molecule has 1 aromatic heterocycles. The smallest absolute Gasteiger partial charge is 0.251 e. The molecule has 0 aromatic carbocycles. The minimum atomic E-state index is -0.0591. The summed E-state index contributed by atoms with van der Waals surface area (Å²) in [5, 5.41) is 11.9. The van der Waals surface area contributed by atoms with E-state index in [9.17, 15) is 4.79 Å². The minimum absolute atomic E-state index is 0.0481. The fourth-order valence-electron chi connectivity index (χ4n) is 2.40. The summed E-state index contributed by atoms with van der Waals surface area (Å²) in [7, 11) is 2.10. The van der Waals surface area contributed by atoms with Gasteiger partial charge in [-0.05, 0) is 38.1 Å². The molecule has 1 fully saturated rings. The van der Waals surface area contributed by atoms with Gasteiger partial charge in [0.05, 0.1) is 0 Å². The number of rotatable bonds is 5. The maximum atomic E-state index is 12.0. The number of carbonyl (C=O) groups is 1. The monoisotopic (exact) mass is 263 g/mol. The molecule has 1 aliphatic heterocycles. The van der Waals surface area contributed by atoms with E-state index >= 15 is 0 Å². The van der Waals surface area contributed by atoms with Gasteiger partial charge in [0.1, 0.15) is 0 Å². The highest BCUT2D eigenvalue weighted by Crippen LogP contribution is 2.13. The number of nitrogens with zero attached hydrogens (tertiary/aromatic N) is 2. The third kappa shape index (κ3) is 4.01. The normalized spacial score (nSPS) is 19.6. The molecule has 1 amide bonds. The lowest BCUT2D eigenvalue weighted by atomic mass is 10.1. The molecular weight excluding hydrogens is 242 g/mol. The Kier molecular flexibility index (Phi) is 4.87. The predicted molar refractivity (Wildman–Crippen MR) is 73.0 cm³/mol. The maximum Gasteiger partial charge on any atom is 0.251 e. The van der Waals surface area contributed by atoms with E-state index in [1.807, 2.05) is 0 Å². The molecule has 5 heteroatoms. The van der Waals surface area contributed by atoms with Crippen LogP contribution in [0.5, 0.6) is 0 Å². The minimum Gasteiger partial charge on any atom is -0.396 e. The predicted octanol–water partition coefficient (Wildman–Crippen LogP) is 0.298. The van der Waals surface area contributed by atoms with Crippen molar-refractivity contribution in [1.29, 1.82) is 0 Å². The van der Waals surface area contributed by atoms with Crippen LogP contribution >= 0.6 is 0 Å². The molecule has 1 saturated heterocycles. The van der Waals surface area contributed by atoms with Crippen LogP contribution in [0, 0.1) is 5.92 Å². The molecule has 104 valence electrons. The number of amides is 1. The average molecular weight is 263 g/mol. The van der Waals surface area contributed by atoms with Crippen LogP contribution in [0.3, 0.4) is 0 Å². The molecule has 1 aromatic rings. The van der Waals surface area contributed by atoms with Crippen LogP contribution < -0.4 is 5.32 Å². The second-order valence-corrected chi connectivity index (χ2v) is 5.14. The summed E-state index contributed by atoms with van der Waals surface area (Å²) in [4.78, 5) is 18.4. The summed E-state index contributed by atoms with van der Waals surface area (Å²) in [6.45, 7) is 2.93. The zero-order valence-electron chi connectivity index (χ0n) is 11.3. The van der Waals surface area contributed by atoms with Crippen LogP contribution in [-0.2, 0) is 6.42 Å². The number of nitrogens with one attached hydrogen (secondary N) is 1. The molecule has 0 radical (unpaired) electrons. The Hall–Kier alpha value is -1.46. The highest BCUT2D eigenvalue weighted by atomic mass is 16.3. The molecule has 0 saturated carbocycles. The first-order valence-corrected chi connectivity index (χ1v) is 6.71. The van der Waals surface area contributed by atoms with Crippen molar-refractivity contribution in [2.45, 2.75) is 12.8 Å². The van der Waals surface area contributed by atoms with Gasteiger partial charge in [-0.3, -0.25) is 9.78 Å². The maximum absolute atomic E-state index is 12.0.